The Balaban J connectivity index is 3.38. The van der Waals surface area contributed by atoms with E-state index in [1.807, 2.05) is 0 Å². The predicted octanol–water partition coefficient (Wildman–Crippen LogP) is 2.97. The molecule has 1 heterocycles. The second kappa shape index (κ2) is 4.32. The molecule has 0 bridgehead atoms. The monoisotopic (exact) mass is 315 g/mol. The summed E-state index contributed by atoms with van der Waals surface area (Å²) < 4.78 is 25.0. The highest BCUT2D eigenvalue weighted by Crippen LogP contribution is 2.21. The van der Waals surface area contributed by atoms with E-state index in [4.69, 9.17) is 0 Å². The number of nitrogens with one attached hydrogen (secondary N) is 1. The summed E-state index contributed by atoms with van der Waals surface area (Å²) in [5, 5.41) is 0.120. The lowest BCUT2D eigenvalue weighted by Crippen LogP contribution is -2.12. The van der Waals surface area contributed by atoms with Crippen molar-refractivity contribution in [3.8, 4) is 0 Å². The second-order valence-corrected chi connectivity index (χ2v) is 3.72. The van der Waals surface area contributed by atoms with Crippen molar-refractivity contribution in [2.75, 3.05) is 0 Å². The fraction of sp³-hybridized carbons (Fsp3) is 0.286. The number of halogens is 4. The summed E-state index contributed by atoms with van der Waals surface area (Å²) in [5.74, 6) is 0. The van der Waals surface area contributed by atoms with Crippen LogP contribution in [0.3, 0.4) is 0 Å². The van der Waals surface area contributed by atoms with Crippen LogP contribution in [0.15, 0.2) is 15.5 Å². The van der Waals surface area contributed by atoms with Gasteiger partial charge in [0.2, 0.25) is 0 Å². The van der Waals surface area contributed by atoms with Crippen molar-refractivity contribution in [1.82, 2.24) is 4.98 Å². The maximum atomic E-state index is 12.4. The minimum Gasteiger partial charge on any atom is -0.348 e. The van der Waals surface area contributed by atoms with Crippen LogP contribution in [-0.4, -0.2) is 4.98 Å². The highest BCUT2D eigenvalue weighted by molar-refractivity contribution is 9.10. The quantitative estimate of drug-likeness (QED) is 0.660. The third kappa shape index (κ3) is 2.37. The summed E-state index contributed by atoms with van der Waals surface area (Å²) in [6, 6.07) is 1.22. The molecular weight excluding hydrogens is 312 g/mol. The number of hydrogen-bond acceptors (Lipinski definition) is 1. The van der Waals surface area contributed by atoms with Gasteiger partial charge in [-0.2, -0.15) is 0 Å². The molecule has 0 aromatic carbocycles. The molecule has 0 aliphatic heterocycles. The molecule has 0 saturated heterocycles. The Morgan fingerprint density at radius 1 is 1.54 bits per heavy atom. The Labute approximate surface area is 89.6 Å². The van der Waals surface area contributed by atoms with Gasteiger partial charge in [-0.15, -0.1) is 0 Å². The highest BCUT2D eigenvalue weighted by atomic mass is 79.9. The molecule has 1 aromatic heterocycles. The molecule has 0 aliphatic carbocycles. The average molecular weight is 317 g/mol. The molecule has 0 unspecified atom stereocenters. The fourth-order valence-electron chi connectivity index (χ4n) is 0.899. The summed E-state index contributed by atoms with van der Waals surface area (Å²) in [6.45, 7) is 0. The minimum atomic E-state index is -2.67. The van der Waals surface area contributed by atoms with Crippen molar-refractivity contribution in [2.45, 2.75) is 11.8 Å². The van der Waals surface area contributed by atoms with Gasteiger partial charge in [-0.25, -0.2) is 8.78 Å². The molecular formula is C7H5Br2F2NO. The van der Waals surface area contributed by atoms with Gasteiger partial charge in [0.15, 0.2) is 5.43 Å². The number of aromatic nitrogens is 1. The Morgan fingerprint density at radius 2 is 2.15 bits per heavy atom. The summed E-state index contributed by atoms with van der Waals surface area (Å²) in [5.41, 5.74) is -0.674. The van der Waals surface area contributed by atoms with E-state index < -0.39 is 11.9 Å². The molecule has 1 aromatic rings. The fourth-order valence-corrected chi connectivity index (χ4v) is 1.90. The predicted molar refractivity (Wildman–Crippen MR) is 52.4 cm³/mol. The van der Waals surface area contributed by atoms with Gasteiger partial charge in [0.05, 0.1) is 10.3 Å². The van der Waals surface area contributed by atoms with Crippen LogP contribution in [0, 0.1) is 0 Å². The second-order valence-electron chi connectivity index (χ2n) is 2.31. The average Bonchev–Trinajstić information content (AvgIpc) is 2.02. The number of rotatable bonds is 2. The van der Waals surface area contributed by atoms with Gasteiger partial charge in [-0.1, -0.05) is 15.9 Å². The molecule has 0 amide bonds. The zero-order valence-corrected chi connectivity index (χ0v) is 9.45. The molecule has 1 rings (SSSR count). The summed E-state index contributed by atoms with van der Waals surface area (Å²) in [7, 11) is 0. The van der Waals surface area contributed by atoms with Gasteiger partial charge in [0.1, 0.15) is 0 Å². The van der Waals surface area contributed by atoms with Gasteiger partial charge in [0.25, 0.3) is 6.43 Å². The van der Waals surface area contributed by atoms with E-state index in [0.29, 0.717) is 0 Å². The van der Waals surface area contributed by atoms with Crippen molar-refractivity contribution in [1.29, 1.82) is 0 Å². The first-order chi connectivity index (χ1) is 6.06. The van der Waals surface area contributed by atoms with Crippen molar-refractivity contribution >= 4 is 31.9 Å². The molecule has 13 heavy (non-hydrogen) atoms. The zero-order chi connectivity index (χ0) is 10.0. The summed E-state index contributed by atoms with van der Waals surface area (Å²) >= 11 is 5.92. The first-order valence-electron chi connectivity index (χ1n) is 3.32. The largest absolute Gasteiger partial charge is 0.348 e. The maximum absolute atomic E-state index is 12.4. The Bertz CT molecular complexity index is 364. The van der Waals surface area contributed by atoms with Crippen molar-refractivity contribution in [3.63, 3.8) is 0 Å². The van der Waals surface area contributed by atoms with Gasteiger partial charge < -0.3 is 4.98 Å². The SMILES string of the molecule is O=c1cc(Br)[nH]c(C(F)F)c1CBr. The molecule has 1 N–H and O–H groups in total. The zero-order valence-electron chi connectivity index (χ0n) is 6.28. The van der Waals surface area contributed by atoms with Crippen molar-refractivity contribution < 1.29 is 8.78 Å². The standard InChI is InChI=1S/C7H5Br2F2NO/c8-2-3-4(13)1-5(9)12-6(3)7(10)11/h1,7H,2H2,(H,12,13). The van der Waals surface area contributed by atoms with Gasteiger partial charge in [-0.05, 0) is 15.9 Å². The lowest BCUT2D eigenvalue weighted by molar-refractivity contribution is 0.145. The molecule has 0 fully saturated rings. The Morgan fingerprint density at radius 3 is 2.62 bits per heavy atom. The molecule has 72 valence electrons. The third-order valence-corrected chi connectivity index (χ3v) is 2.47. The minimum absolute atomic E-state index is 0.0678. The Hall–Kier alpha value is -0.230. The van der Waals surface area contributed by atoms with Crippen LogP contribution in [-0.2, 0) is 5.33 Å². The highest BCUT2D eigenvalue weighted by Gasteiger charge is 2.16. The molecule has 0 aliphatic rings. The van der Waals surface area contributed by atoms with Crippen LogP contribution in [0.5, 0.6) is 0 Å². The number of hydrogen-bond donors (Lipinski definition) is 1. The van der Waals surface area contributed by atoms with Gasteiger partial charge >= 0.3 is 0 Å². The smallest absolute Gasteiger partial charge is 0.278 e. The molecule has 0 spiro atoms. The lowest BCUT2D eigenvalue weighted by Gasteiger charge is -2.05. The van der Waals surface area contributed by atoms with Crippen LogP contribution in [0.1, 0.15) is 17.7 Å². The first kappa shape index (κ1) is 10.8. The topological polar surface area (TPSA) is 32.9 Å². The maximum Gasteiger partial charge on any atom is 0.278 e. The third-order valence-electron chi connectivity index (χ3n) is 1.49. The Kier molecular flexibility index (Phi) is 3.61. The van der Waals surface area contributed by atoms with Crippen molar-refractivity contribution in [2.24, 2.45) is 0 Å². The number of H-pyrrole nitrogens is 1. The summed E-state index contributed by atoms with van der Waals surface area (Å²) in [4.78, 5) is 13.6. The van der Waals surface area contributed by atoms with Gasteiger partial charge in [0, 0.05) is 17.0 Å². The summed E-state index contributed by atoms with van der Waals surface area (Å²) in [6.07, 6.45) is -2.67. The molecule has 0 atom stereocenters. The first-order valence-corrected chi connectivity index (χ1v) is 5.23. The van der Waals surface area contributed by atoms with E-state index in [1.165, 1.54) is 6.07 Å². The van der Waals surface area contributed by atoms with E-state index in [2.05, 4.69) is 36.8 Å². The number of alkyl halides is 3. The molecule has 6 heteroatoms. The normalized spacial score (nSPS) is 10.8. The number of aromatic amines is 1. The van der Waals surface area contributed by atoms with Crippen LogP contribution in [0.25, 0.3) is 0 Å². The lowest BCUT2D eigenvalue weighted by atomic mass is 10.2. The molecule has 0 radical (unpaired) electrons. The van der Waals surface area contributed by atoms with Crippen LogP contribution in [0.4, 0.5) is 8.78 Å². The van der Waals surface area contributed by atoms with E-state index in [0.717, 1.165) is 0 Å². The van der Waals surface area contributed by atoms with E-state index >= 15 is 0 Å². The molecule has 0 saturated carbocycles. The van der Waals surface area contributed by atoms with Gasteiger partial charge in [-0.3, -0.25) is 4.79 Å². The van der Waals surface area contributed by atoms with E-state index in [1.54, 1.807) is 0 Å². The van der Waals surface area contributed by atoms with Crippen LogP contribution < -0.4 is 5.43 Å². The van der Waals surface area contributed by atoms with E-state index in [9.17, 15) is 13.6 Å². The van der Waals surface area contributed by atoms with Crippen molar-refractivity contribution in [3.05, 3.63) is 32.2 Å². The van der Waals surface area contributed by atoms with Crippen LogP contribution >= 0.6 is 31.9 Å². The number of pyridine rings is 1. The van der Waals surface area contributed by atoms with E-state index in [-0.39, 0.29) is 21.2 Å². The molecule has 2 nitrogen and oxygen atoms in total. The van der Waals surface area contributed by atoms with Crippen LogP contribution in [0.2, 0.25) is 0 Å².